The van der Waals surface area contributed by atoms with E-state index in [2.05, 4.69) is 55.8 Å². The molecule has 2 heteroatoms. The largest absolute Gasteiger partial charge is 0.330 e. The van der Waals surface area contributed by atoms with Gasteiger partial charge in [0.25, 0.3) is 0 Å². The van der Waals surface area contributed by atoms with Crippen molar-refractivity contribution in [3.63, 3.8) is 0 Å². The molecule has 0 unspecified atom stereocenters. The van der Waals surface area contributed by atoms with Crippen LogP contribution >= 0.6 is 15.9 Å². The lowest BCUT2D eigenvalue weighted by molar-refractivity contribution is 0.536. The van der Waals surface area contributed by atoms with E-state index in [1.807, 2.05) is 0 Å². The van der Waals surface area contributed by atoms with Gasteiger partial charge in [-0.25, -0.2) is 0 Å². The molecule has 0 spiro atoms. The van der Waals surface area contributed by atoms with Gasteiger partial charge in [0.05, 0.1) is 0 Å². The Kier molecular flexibility index (Phi) is 3.38. The number of hydrogen-bond donors (Lipinski definition) is 1. The SMILES string of the molecule is Cc1cc(Br)c(C(C)(C)CN)cc1C. The van der Waals surface area contributed by atoms with Crippen LogP contribution in [0.3, 0.4) is 0 Å². The van der Waals surface area contributed by atoms with E-state index in [1.54, 1.807) is 0 Å². The quantitative estimate of drug-likeness (QED) is 0.863. The van der Waals surface area contributed by atoms with E-state index in [1.165, 1.54) is 16.7 Å². The van der Waals surface area contributed by atoms with Gasteiger partial charge < -0.3 is 5.73 Å². The molecule has 0 amide bonds. The van der Waals surface area contributed by atoms with Gasteiger partial charge in [-0.05, 0) is 36.6 Å². The summed E-state index contributed by atoms with van der Waals surface area (Å²) >= 11 is 3.60. The first-order chi connectivity index (χ1) is 6.38. The summed E-state index contributed by atoms with van der Waals surface area (Å²) in [5, 5.41) is 0. The minimum absolute atomic E-state index is 0.0390. The molecule has 14 heavy (non-hydrogen) atoms. The van der Waals surface area contributed by atoms with Crippen molar-refractivity contribution < 1.29 is 0 Å². The minimum atomic E-state index is 0.0390. The normalized spacial score (nSPS) is 11.9. The topological polar surface area (TPSA) is 26.0 Å². The van der Waals surface area contributed by atoms with Crippen molar-refractivity contribution in [1.82, 2.24) is 0 Å². The fourth-order valence-corrected chi connectivity index (χ4v) is 2.40. The summed E-state index contributed by atoms with van der Waals surface area (Å²) in [6.45, 7) is 9.26. The van der Waals surface area contributed by atoms with Crippen LogP contribution in [0.4, 0.5) is 0 Å². The molecule has 0 atom stereocenters. The fraction of sp³-hybridized carbons (Fsp3) is 0.500. The number of benzene rings is 1. The van der Waals surface area contributed by atoms with Crippen molar-refractivity contribution in [2.24, 2.45) is 5.73 Å². The molecule has 0 aliphatic carbocycles. The van der Waals surface area contributed by atoms with Gasteiger partial charge in [0, 0.05) is 16.4 Å². The van der Waals surface area contributed by atoms with E-state index in [-0.39, 0.29) is 5.41 Å². The Labute approximate surface area is 94.8 Å². The lowest BCUT2D eigenvalue weighted by Gasteiger charge is -2.25. The molecule has 0 bridgehead atoms. The third kappa shape index (κ3) is 2.18. The molecule has 0 aliphatic heterocycles. The monoisotopic (exact) mass is 255 g/mol. The average molecular weight is 256 g/mol. The molecule has 0 fully saturated rings. The van der Waals surface area contributed by atoms with E-state index >= 15 is 0 Å². The molecule has 1 aromatic rings. The zero-order chi connectivity index (χ0) is 10.9. The molecule has 78 valence electrons. The van der Waals surface area contributed by atoms with Gasteiger partial charge in [-0.2, -0.15) is 0 Å². The second-order valence-electron chi connectivity index (χ2n) is 4.50. The van der Waals surface area contributed by atoms with Crippen LogP contribution in [-0.4, -0.2) is 6.54 Å². The molecule has 1 nitrogen and oxygen atoms in total. The van der Waals surface area contributed by atoms with Gasteiger partial charge in [0.2, 0.25) is 0 Å². The van der Waals surface area contributed by atoms with Gasteiger partial charge in [-0.15, -0.1) is 0 Å². The molecule has 1 aromatic carbocycles. The number of halogens is 1. The van der Waals surface area contributed by atoms with Crippen molar-refractivity contribution in [3.8, 4) is 0 Å². The Morgan fingerprint density at radius 3 is 2.21 bits per heavy atom. The Bertz CT molecular complexity index is 342. The van der Waals surface area contributed by atoms with Gasteiger partial charge in [-0.1, -0.05) is 35.8 Å². The molecule has 0 aliphatic rings. The second kappa shape index (κ2) is 4.03. The molecule has 1 rings (SSSR count). The van der Waals surface area contributed by atoms with Crippen LogP contribution in [0, 0.1) is 13.8 Å². The molecular formula is C12H18BrN. The summed E-state index contributed by atoms with van der Waals surface area (Å²) in [7, 11) is 0. The van der Waals surface area contributed by atoms with Crippen LogP contribution in [0.2, 0.25) is 0 Å². The Morgan fingerprint density at radius 2 is 1.71 bits per heavy atom. The van der Waals surface area contributed by atoms with Crippen LogP contribution in [0.25, 0.3) is 0 Å². The zero-order valence-corrected chi connectivity index (χ0v) is 10.9. The van der Waals surface area contributed by atoms with Crippen LogP contribution in [0.1, 0.15) is 30.5 Å². The maximum Gasteiger partial charge on any atom is 0.0216 e. The Morgan fingerprint density at radius 1 is 1.21 bits per heavy atom. The summed E-state index contributed by atoms with van der Waals surface area (Å²) in [6.07, 6.45) is 0. The van der Waals surface area contributed by atoms with E-state index in [0.717, 1.165) is 4.47 Å². The average Bonchev–Trinajstić information content (AvgIpc) is 2.11. The summed E-state index contributed by atoms with van der Waals surface area (Å²) in [5.41, 5.74) is 9.75. The maximum absolute atomic E-state index is 5.77. The van der Waals surface area contributed by atoms with Gasteiger partial charge in [0.15, 0.2) is 0 Å². The smallest absolute Gasteiger partial charge is 0.0216 e. The second-order valence-corrected chi connectivity index (χ2v) is 5.36. The molecular weight excluding hydrogens is 238 g/mol. The van der Waals surface area contributed by atoms with Crippen LogP contribution in [-0.2, 0) is 5.41 Å². The molecule has 0 aromatic heterocycles. The van der Waals surface area contributed by atoms with Crippen LogP contribution in [0.5, 0.6) is 0 Å². The summed E-state index contributed by atoms with van der Waals surface area (Å²) < 4.78 is 1.16. The highest BCUT2D eigenvalue weighted by Gasteiger charge is 2.21. The number of hydrogen-bond acceptors (Lipinski definition) is 1. The molecule has 2 N–H and O–H groups in total. The van der Waals surface area contributed by atoms with Gasteiger partial charge in [-0.3, -0.25) is 0 Å². The Hall–Kier alpha value is -0.340. The molecule has 0 saturated carbocycles. The number of aryl methyl sites for hydroxylation is 2. The number of rotatable bonds is 2. The summed E-state index contributed by atoms with van der Waals surface area (Å²) in [4.78, 5) is 0. The highest BCUT2D eigenvalue weighted by molar-refractivity contribution is 9.10. The van der Waals surface area contributed by atoms with Crippen molar-refractivity contribution in [2.45, 2.75) is 33.1 Å². The van der Waals surface area contributed by atoms with Crippen molar-refractivity contribution in [3.05, 3.63) is 33.3 Å². The third-order valence-electron chi connectivity index (χ3n) is 2.82. The third-order valence-corrected chi connectivity index (χ3v) is 3.48. The standard InChI is InChI=1S/C12H18BrN/c1-8-5-10(12(3,4)7-14)11(13)6-9(8)2/h5-6H,7,14H2,1-4H3. The van der Waals surface area contributed by atoms with E-state index in [9.17, 15) is 0 Å². The summed E-state index contributed by atoms with van der Waals surface area (Å²) in [5.74, 6) is 0. The van der Waals surface area contributed by atoms with Gasteiger partial charge >= 0.3 is 0 Å². The summed E-state index contributed by atoms with van der Waals surface area (Å²) in [6, 6.07) is 4.40. The van der Waals surface area contributed by atoms with Crippen LogP contribution in [0.15, 0.2) is 16.6 Å². The first-order valence-corrected chi connectivity index (χ1v) is 5.65. The highest BCUT2D eigenvalue weighted by atomic mass is 79.9. The zero-order valence-electron chi connectivity index (χ0n) is 9.32. The molecule has 0 saturated heterocycles. The van der Waals surface area contributed by atoms with Crippen LogP contribution < -0.4 is 5.73 Å². The fourth-order valence-electron chi connectivity index (χ4n) is 1.41. The lowest BCUT2D eigenvalue weighted by atomic mass is 9.83. The lowest BCUT2D eigenvalue weighted by Crippen LogP contribution is -2.28. The first kappa shape index (κ1) is 11.7. The predicted octanol–water partition coefficient (Wildman–Crippen LogP) is 3.30. The highest BCUT2D eigenvalue weighted by Crippen LogP contribution is 2.31. The van der Waals surface area contributed by atoms with Crippen molar-refractivity contribution >= 4 is 15.9 Å². The van der Waals surface area contributed by atoms with Crippen molar-refractivity contribution in [1.29, 1.82) is 0 Å². The Balaban J connectivity index is 3.29. The van der Waals surface area contributed by atoms with Crippen molar-refractivity contribution in [2.75, 3.05) is 6.54 Å². The first-order valence-electron chi connectivity index (χ1n) is 4.86. The molecule has 0 radical (unpaired) electrons. The van der Waals surface area contributed by atoms with E-state index in [0.29, 0.717) is 6.54 Å². The predicted molar refractivity (Wildman–Crippen MR) is 65.7 cm³/mol. The van der Waals surface area contributed by atoms with E-state index < -0.39 is 0 Å². The number of nitrogens with two attached hydrogens (primary N) is 1. The molecule has 0 heterocycles. The maximum atomic E-state index is 5.77. The van der Waals surface area contributed by atoms with E-state index in [4.69, 9.17) is 5.73 Å². The minimum Gasteiger partial charge on any atom is -0.330 e. The van der Waals surface area contributed by atoms with Gasteiger partial charge in [0.1, 0.15) is 0 Å².